The molecule has 0 saturated carbocycles. The van der Waals surface area contributed by atoms with Crippen molar-refractivity contribution in [2.24, 2.45) is 0 Å². The summed E-state index contributed by atoms with van der Waals surface area (Å²) < 4.78 is 6.01. The van der Waals surface area contributed by atoms with Gasteiger partial charge in [0.2, 0.25) is 5.91 Å². The number of fused-ring (bicyclic) bond motifs is 1. The minimum Gasteiger partial charge on any atom is -0.462 e. The van der Waals surface area contributed by atoms with Crippen molar-refractivity contribution < 1.29 is 9.21 Å². The number of pyridine rings is 1. The zero-order valence-corrected chi connectivity index (χ0v) is 14.2. The molecule has 1 aliphatic rings. The Morgan fingerprint density at radius 1 is 1.28 bits per heavy atom. The van der Waals surface area contributed by atoms with Crippen LogP contribution in [-0.4, -0.2) is 17.4 Å². The highest BCUT2D eigenvalue weighted by molar-refractivity contribution is 5.91. The third-order valence-corrected chi connectivity index (χ3v) is 4.71. The maximum atomic E-state index is 11.1. The summed E-state index contributed by atoms with van der Waals surface area (Å²) in [5, 5.41) is 3.95. The zero-order chi connectivity index (χ0) is 17.2. The van der Waals surface area contributed by atoms with Gasteiger partial charge in [-0.15, -0.1) is 0 Å². The number of carbonyl (C=O) groups is 1. The van der Waals surface area contributed by atoms with E-state index in [-0.39, 0.29) is 11.9 Å². The largest absolute Gasteiger partial charge is 0.462 e. The van der Waals surface area contributed by atoms with E-state index in [4.69, 9.17) is 4.42 Å². The van der Waals surface area contributed by atoms with Gasteiger partial charge < -0.3 is 14.6 Å². The van der Waals surface area contributed by atoms with Crippen LogP contribution in [0.4, 0.5) is 5.69 Å². The minimum absolute atomic E-state index is 0.0521. The van der Waals surface area contributed by atoms with Gasteiger partial charge in [0.1, 0.15) is 11.5 Å². The summed E-state index contributed by atoms with van der Waals surface area (Å²) in [4.78, 5) is 17.9. The zero-order valence-electron chi connectivity index (χ0n) is 14.2. The summed E-state index contributed by atoms with van der Waals surface area (Å²) >= 11 is 0. The molecule has 1 N–H and O–H groups in total. The van der Waals surface area contributed by atoms with Crippen molar-refractivity contribution in [2.45, 2.75) is 32.4 Å². The van der Waals surface area contributed by atoms with Crippen LogP contribution in [0.1, 0.15) is 37.3 Å². The lowest BCUT2D eigenvalue weighted by atomic mass is 10.1. The van der Waals surface area contributed by atoms with Crippen LogP contribution in [0.5, 0.6) is 0 Å². The lowest BCUT2D eigenvalue weighted by Crippen LogP contribution is -2.22. The number of para-hydroxylation sites is 1. The normalized spacial score (nSPS) is 17.2. The predicted molar refractivity (Wildman–Crippen MR) is 97.3 cm³/mol. The van der Waals surface area contributed by atoms with E-state index in [1.54, 1.807) is 0 Å². The predicted octanol–water partition coefficient (Wildman–Crippen LogP) is 3.81. The van der Waals surface area contributed by atoms with Crippen LogP contribution in [0.3, 0.4) is 0 Å². The maximum Gasteiger partial charge on any atom is 0.217 e. The first kappa shape index (κ1) is 15.7. The van der Waals surface area contributed by atoms with E-state index >= 15 is 0 Å². The molecule has 128 valence electrons. The summed E-state index contributed by atoms with van der Waals surface area (Å²) in [5.41, 5.74) is 2.21. The van der Waals surface area contributed by atoms with E-state index in [1.807, 2.05) is 30.5 Å². The molecule has 3 aromatic rings. The fourth-order valence-electron chi connectivity index (χ4n) is 3.56. The highest BCUT2D eigenvalue weighted by Gasteiger charge is 2.29. The molecular formula is C20H21N3O2. The Morgan fingerprint density at radius 3 is 3.04 bits per heavy atom. The second kappa shape index (κ2) is 6.59. The van der Waals surface area contributed by atoms with Gasteiger partial charge in [0.05, 0.1) is 18.1 Å². The number of rotatable bonds is 4. The van der Waals surface area contributed by atoms with E-state index in [9.17, 15) is 4.79 Å². The van der Waals surface area contributed by atoms with E-state index in [0.717, 1.165) is 36.4 Å². The van der Waals surface area contributed by atoms with Crippen LogP contribution < -0.4 is 10.2 Å². The second-order valence-corrected chi connectivity index (χ2v) is 6.41. The van der Waals surface area contributed by atoms with E-state index in [0.29, 0.717) is 6.54 Å². The lowest BCUT2D eigenvalue weighted by Gasteiger charge is -2.26. The topological polar surface area (TPSA) is 58.4 Å². The van der Waals surface area contributed by atoms with Crippen molar-refractivity contribution in [3.63, 3.8) is 0 Å². The quantitative estimate of drug-likeness (QED) is 0.788. The molecule has 0 aliphatic carbocycles. The summed E-state index contributed by atoms with van der Waals surface area (Å²) in [6.45, 7) is 2.94. The number of nitrogens with zero attached hydrogens (tertiary/aromatic N) is 2. The Hall–Kier alpha value is -2.82. The number of furan rings is 1. The van der Waals surface area contributed by atoms with E-state index < -0.39 is 0 Å². The fraction of sp³-hybridized carbons (Fsp3) is 0.300. The highest BCUT2D eigenvalue weighted by atomic mass is 16.3. The smallest absolute Gasteiger partial charge is 0.217 e. The van der Waals surface area contributed by atoms with Gasteiger partial charge in [0.15, 0.2) is 0 Å². The number of nitrogens with one attached hydrogen (secondary N) is 1. The molecule has 0 spiro atoms. The monoisotopic (exact) mass is 335 g/mol. The van der Waals surface area contributed by atoms with Gasteiger partial charge in [-0.1, -0.05) is 18.2 Å². The molecule has 25 heavy (non-hydrogen) atoms. The molecule has 0 radical (unpaired) electrons. The first-order valence-electron chi connectivity index (χ1n) is 8.66. The van der Waals surface area contributed by atoms with Gasteiger partial charge >= 0.3 is 0 Å². The first-order valence-corrected chi connectivity index (χ1v) is 8.66. The van der Waals surface area contributed by atoms with Crippen LogP contribution in [0.15, 0.2) is 53.1 Å². The Morgan fingerprint density at radius 2 is 2.16 bits per heavy atom. The molecule has 1 fully saturated rings. The third-order valence-electron chi connectivity index (χ3n) is 4.71. The van der Waals surface area contributed by atoms with Crippen molar-refractivity contribution in [1.29, 1.82) is 0 Å². The van der Waals surface area contributed by atoms with Gasteiger partial charge in [0.25, 0.3) is 0 Å². The number of benzene rings is 1. The van der Waals surface area contributed by atoms with Crippen LogP contribution in [-0.2, 0) is 11.3 Å². The molecule has 4 rings (SSSR count). The van der Waals surface area contributed by atoms with Crippen molar-refractivity contribution in [2.75, 3.05) is 11.4 Å². The van der Waals surface area contributed by atoms with Gasteiger partial charge in [-0.05, 0) is 37.1 Å². The molecule has 2 aromatic heterocycles. The standard InChI is InChI=1S/C20H21N3O2/c1-14(24)22-13-15-8-9-20(25-15)19-7-4-12-23(19)18-10-11-21-17-6-3-2-5-16(17)18/h2-3,5-6,8-11,19H,4,7,12-13H2,1H3,(H,22,24)/t19-/m0/s1. The SMILES string of the molecule is CC(=O)NCc1ccc([C@@H]2CCCN2c2ccnc3ccccc23)o1. The number of amides is 1. The van der Waals surface area contributed by atoms with Crippen LogP contribution in [0.2, 0.25) is 0 Å². The Balaban J connectivity index is 1.63. The van der Waals surface area contributed by atoms with Crippen molar-refractivity contribution in [1.82, 2.24) is 10.3 Å². The maximum absolute atomic E-state index is 11.1. The first-order chi connectivity index (χ1) is 12.2. The molecule has 1 amide bonds. The second-order valence-electron chi connectivity index (χ2n) is 6.41. The van der Waals surface area contributed by atoms with Crippen molar-refractivity contribution in [3.8, 4) is 0 Å². The molecule has 0 unspecified atom stereocenters. The molecule has 5 nitrogen and oxygen atoms in total. The summed E-state index contributed by atoms with van der Waals surface area (Å²) in [7, 11) is 0. The molecule has 3 heterocycles. The number of hydrogen-bond donors (Lipinski definition) is 1. The molecule has 5 heteroatoms. The van der Waals surface area contributed by atoms with Crippen LogP contribution in [0, 0.1) is 0 Å². The van der Waals surface area contributed by atoms with Crippen molar-refractivity contribution in [3.05, 3.63) is 60.2 Å². The molecule has 1 saturated heterocycles. The Bertz CT molecular complexity index is 897. The summed E-state index contributed by atoms with van der Waals surface area (Å²) in [5.74, 6) is 1.69. The molecular weight excluding hydrogens is 314 g/mol. The highest BCUT2D eigenvalue weighted by Crippen LogP contribution is 2.39. The fourth-order valence-corrected chi connectivity index (χ4v) is 3.56. The number of aromatic nitrogens is 1. The molecule has 1 atom stereocenters. The van der Waals surface area contributed by atoms with Gasteiger partial charge in [0, 0.05) is 30.7 Å². The lowest BCUT2D eigenvalue weighted by molar-refractivity contribution is -0.119. The molecule has 1 aromatic carbocycles. The summed E-state index contributed by atoms with van der Waals surface area (Å²) in [6, 6.07) is 14.5. The van der Waals surface area contributed by atoms with Gasteiger partial charge in [-0.25, -0.2) is 0 Å². The van der Waals surface area contributed by atoms with Gasteiger partial charge in [-0.2, -0.15) is 0 Å². The third kappa shape index (κ3) is 3.09. The molecule has 0 bridgehead atoms. The van der Waals surface area contributed by atoms with E-state index in [2.05, 4.69) is 33.4 Å². The Labute approximate surface area is 146 Å². The average Bonchev–Trinajstić information content (AvgIpc) is 3.28. The van der Waals surface area contributed by atoms with Crippen molar-refractivity contribution >= 4 is 22.5 Å². The summed E-state index contributed by atoms with van der Waals surface area (Å²) in [6.07, 6.45) is 4.06. The average molecular weight is 335 g/mol. The van der Waals surface area contributed by atoms with E-state index in [1.165, 1.54) is 18.0 Å². The number of hydrogen-bond acceptors (Lipinski definition) is 4. The number of carbonyl (C=O) groups excluding carboxylic acids is 1. The Kier molecular flexibility index (Phi) is 4.14. The van der Waals surface area contributed by atoms with Crippen LogP contribution >= 0.6 is 0 Å². The molecule has 1 aliphatic heterocycles. The van der Waals surface area contributed by atoms with Crippen LogP contribution in [0.25, 0.3) is 10.9 Å². The number of anilines is 1. The van der Waals surface area contributed by atoms with Gasteiger partial charge in [-0.3, -0.25) is 9.78 Å². The minimum atomic E-state index is -0.0521.